The Morgan fingerprint density at radius 1 is 1.21 bits per heavy atom. The molecule has 132 valence electrons. The van der Waals surface area contributed by atoms with Gasteiger partial charge in [-0.25, -0.2) is 21.6 Å². The molecule has 2 heterocycles. The highest BCUT2D eigenvalue weighted by molar-refractivity contribution is 7.91. The Bertz CT molecular complexity index is 831. The third-order valence-corrected chi connectivity index (χ3v) is 7.70. The SMILES string of the molecule is O=C1CCCN1c1ccc(S(=O)(=O)NCC2CCS(=O)(=O)C2)cc1. The van der Waals surface area contributed by atoms with Crippen molar-refractivity contribution in [2.24, 2.45) is 5.92 Å². The quantitative estimate of drug-likeness (QED) is 0.812. The van der Waals surface area contributed by atoms with E-state index >= 15 is 0 Å². The molecule has 1 aromatic carbocycles. The standard InChI is InChI=1S/C15H20N2O5S2/c18-15-2-1-8-17(15)13-3-5-14(6-4-13)24(21,22)16-10-12-7-9-23(19,20)11-12/h3-6,12,16H,1-2,7-11H2. The van der Waals surface area contributed by atoms with Crippen molar-refractivity contribution in [3.8, 4) is 0 Å². The van der Waals surface area contributed by atoms with Crippen LogP contribution in [0.25, 0.3) is 0 Å². The summed E-state index contributed by atoms with van der Waals surface area (Å²) in [6.07, 6.45) is 1.82. The van der Waals surface area contributed by atoms with Gasteiger partial charge < -0.3 is 4.90 Å². The number of rotatable bonds is 5. The number of nitrogens with zero attached hydrogens (tertiary/aromatic N) is 1. The molecule has 2 aliphatic heterocycles. The number of sulfone groups is 1. The molecule has 0 radical (unpaired) electrons. The van der Waals surface area contributed by atoms with E-state index in [0.717, 1.165) is 6.42 Å². The molecular formula is C15H20N2O5S2. The highest BCUT2D eigenvalue weighted by Crippen LogP contribution is 2.23. The molecule has 2 saturated heterocycles. The van der Waals surface area contributed by atoms with E-state index in [-0.39, 0.29) is 34.8 Å². The monoisotopic (exact) mass is 372 g/mol. The molecular weight excluding hydrogens is 352 g/mol. The molecule has 9 heteroatoms. The van der Waals surface area contributed by atoms with Gasteiger partial charge in [0, 0.05) is 25.2 Å². The van der Waals surface area contributed by atoms with Crippen LogP contribution in [-0.2, 0) is 24.7 Å². The van der Waals surface area contributed by atoms with Crippen molar-refractivity contribution in [2.45, 2.75) is 24.2 Å². The number of nitrogens with one attached hydrogen (secondary N) is 1. The first-order valence-corrected chi connectivity index (χ1v) is 11.2. The van der Waals surface area contributed by atoms with E-state index in [4.69, 9.17) is 0 Å². The molecule has 1 amide bonds. The van der Waals surface area contributed by atoms with Gasteiger partial charge in [-0.3, -0.25) is 4.79 Å². The molecule has 1 N–H and O–H groups in total. The summed E-state index contributed by atoms with van der Waals surface area (Å²) in [6, 6.07) is 6.18. The van der Waals surface area contributed by atoms with Gasteiger partial charge >= 0.3 is 0 Å². The summed E-state index contributed by atoms with van der Waals surface area (Å²) in [6.45, 7) is 0.771. The number of hydrogen-bond donors (Lipinski definition) is 1. The first-order valence-electron chi connectivity index (χ1n) is 7.87. The topological polar surface area (TPSA) is 101 Å². The number of anilines is 1. The fourth-order valence-electron chi connectivity index (χ4n) is 3.07. The van der Waals surface area contributed by atoms with Gasteiger partial charge in [0.1, 0.15) is 0 Å². The number of sulfonamides is 1. The molecule has 3 rings (SSSR count). The molecule has 1 unspecified atom stereocenters. The van der Waals surface area contributed by atoms with E-state index in [1.54, 1.807) is 17.0 Å². The average Bonchev–Trinajstić information content (AvgIpc) is 3.11. The zero-order valence-corrected chi connectivity index (χ0v) is 14.8. The highest BCUT2D eigenvalue weighted by Gasteiger charge is 2.29. The van der Waals surface area contributed by atoms with Crippen LogP contribution in [0.1, 0.15) is 19.3 Å². The van der Waals surface area contributed by atoms with Crippen LogP contribution in [0.2, 0.25) is 0 Å². The summed E-state index contributed by atoms with van der Waals surface area (Å²) in [5.74, 6) is 0.0289. The van der Waals surface area contributed by atoms with Crippen molar-refractivity contribution >= 4 is 31.5 Å². The maximum absolute atomic E-state index is 12.3. The molecule has 2 aliphatic rings. The van der Waals surface area contributed by atoms with Crippen LogP contribution in [0.5, 0.6) is 0 Å². The van der Waals surface area contributed by atoms with E-state index in [1.165, 1.54) is 12.1 Å². The fourth-order valence-corrected chi connectivity index (χ4v) is 6.05. The van der Waals surface area contributed by atoms with Crippen LogP contribution in [-0.4, -0.2) is 47.3 Å². The summed E-state index contributed by atoms with van der Waals surface area (Å²) in [4.78, 5) is 13.5. The summed E-state index contributed by atoms with van der Waals surface area (Å²) < 4.78 is 49.9. The van der Waals surface area contributed by atoms with Crippen molar-refractivity contribution in [3.63, 3.8) is 0 Å². The van der Waals surface area contributed by atoms with Gasteiger partial charge in [-0.05, 0) is 43.0 Å². The van der Waals surface area contributed by atoms with E-state index in [9.17, 15) is 21.6 Å². The van der Waals surface area contributed by atoms with E-state index in [2.05, 4.69) is 4.72 Å². The predicted octanol–water partition coefficient (Wildman–Crippen LogP) is 0.526. The van der Waals surface area contributed by atoms with Crippen LogP contribution in [0, 0.1) is 5.92 Å². The second kappa shape index (κ2) is 6.45. The van der Waals surface area contributed by atoms with E-state index in [1.807, 2.05) is 0 Å². The van der Waals surface area contributed by atoms with Gasteiger partial charge in [-0.2, -0.15) is 0 Å². The molecule has 0 bridgehead atoms. The van der Waals surface area contributed by atoms with Gasteiger partial charge in [0.05, 0.1) is 16.4 Å². The van der Waals surface area contributed by atoms with Crippen molar-refractivity contribution < 1.29 is 21.6 Å². The van der Waals surface area contributed by atoms with Gasteiger partial charge in [0.2, 0.25) is 15.9 Å². The largest absolute Gasteiger partial charge is 0.312 e. The Morgan fingerprint density at radius 2 is 1.92 bits per heavy atom. The van der Waals surface area contributed by atoms with Crippen LogP contribution >= 0.6 is 0 Å². The third-order valence-electron chi connectivity index (χ3n) is 4.42. The average molecular weight is 372 g/mol. The smallest absolute Gasteiger partial charge is 0.240 e. The number of amides is 1. The highest BCUT2D eigenvalue weighted by atomic mass is 32.2. The Morgan fingerprint density at radius 3 is 2.46 bits per heavy atom. The summed E-state index contributed by atoms with van der Waals surface area (Å²) >= 11 is 0. The van der Waals surface area contributed by atoms with Crippen molar-refractivity contribution in [1.82, 2.24) is 4.72 Å². The van der Waals surface area contributed by atoms with Gasteiger partial charge in [0.25, 0.3) is 0 Å². The molecule has 0 saturated carbocycles. The van der Waals surface area contributed by atoms with Crippen LogP contribution in [0.4, 0.5) is 5.69 Å². The first kappa shape index (κ1) is 17.4. The third kappa shape index (κ3) is 3.79. The Kier molecular flexibility index (Phi) is 4.67. The van der Waals surface area contributed by atoms with E-state index in [0.29, 0.717) is 25.1 Å². The van der Waals surface area contributed by atoms with E-state index < -0.39 is 19.9 Å². The number of carbonyl (C=O) groups excluding carboxylic acids is 1. The zero-order valence-electron chi connectivity index (χ0n) is 13.1. The molecule has 0 aromatic heterocycles. The van der Waals surface area contributed by atoms with Crippen LogP contribution < -0.4 is 9.62 Å². The molecule has 2 fully saturated rings. The summed E-state index contributed by atoms with van der Waals surface area (Å²) in [7, 11) is -6.71. The summed E-state index contributed by atoms with van der Waals surface area (Å²) in [5, 5.41) is 0. The lowest BCUT2D eigenvalue weighted by Crippen LogP contribution is -2.30. The molecule has 24 heavy (non-hydrogen) atoms. The molecule has 1 atom stereocenters. The fraction of sp³-hybridized carbons (Fsp3) is 0.533. The first-order chi connectivity index (χ1) is 11.3. The minimum atomic E-state index is -3.69. The second-order valence-corrected chi connectivity index (χ2v) is 10.3. The van der Waals surface area contributed by atoms with Gasteiger partial charge in [0.15, 0.2) is 9.84 Å². The Labute approximate surface area is 142 Å². The maximum atomic E-state index is 12.3. The van der Waals surface area contributed by atoms with Gasteiger partial charge in [-0.1, -0.05) is 0 Å². The minimum Gasteiger partial charge on any atom is -0.312 e. The van der Waals surface area contributed by atoms with Crippen molar-refractivity contribution in [1.29, 1.82) is 0 Å². The van der Waals surface area contributed by atoms with Crippen molar-refractivity contribution in [3.05, 3.63) is 24.3 Å². The zero-order chi connectivity index (χ0) is 17.4. The lowest BCUT2D eigenvalue weighted by Gasteiger charge is -2.16. The Balaban J connectivity index is 1.65. The summed E-state index contributed by atoms with van der Waals surface area (Å²) in [5.41, 5.74) is 0.693. The second-order valence-electron chi connectivity index (χ2n) is 6.26. The maximum Gasteiger partial charge on any atom is 0.240 e. The lowest BCUT2D eigenvalue weighted by atomic mass is 10.1. The predicted molar refractivity (Wildman–Crippen MR) is 90.0 cm³/mol. The van der Waals surface area contributed by atoms with Crippen LogP contribution in [0.15, 0.2) is 29.2 Å². The molecule has 0 spiro atoms. The van der Waals surface area contributed by atoms with Crippen LogP contribution in [0.3, 0.4) is 0 Å². The Hall–Kier alpha value is -1.45. The number of benzene rings is 1. The molecule has 7 nitrogen and oxygen atoms in total. The van der Waals surface area contributed by atoms with Crippen molar-refractivity contribution in [2.75, 3.05) is 29.5 Å². The molecule has 1 aromatic rings. The number of hydrogen-bond acceptors (Lipinski definition) is 5. The normalized spacial score (nSPS) is 23.8. The van der Waals surface area contributed by atoms with Gasteiger partial charge in [-0.15, -0.1) is 0 Å². The number of carbonyl (C=O) groups is 1. The molecule has 0 aliphatic carbocycles. The minimum absolute atomic E-state index is 0.0333. The lowest BCUT2D eigenvalue weighted by molar-refractivity contribution is -0.117.